The van der Waals surface area contributed by atoms with Gasteiger partial charge in [-0.05, 0) is 32.0 Å². The van der Waals surface area contributed by atoms with Crippen LogP contribution in [0.25, 0.3) is 10.9 Å². The molecule has 3 rings (SSSR count). The molecule has 7 nitrogen and oxygen atoms in total. The van der Waals surface area contributed by atoms with Gasteiger partial charge in [-0.1, -0.05) is 12.1 Å². The maximum Gasteiger partial charge on any atom is 0.287 e. The smallest absolute Gasteiger partial charge is 0.287 e. The Morgan fingerprint density at radius 2 is 2.13 bits per heavy atom. The first-order valence-electron chi connectivity index (χ1n) is 7.34. The van der Waals surface area contributed by atoms with Crippen LogP contribution in [-0.2, 0) is 6.42 Å². The van der Waals surface area contributed by atoms with Crippen molar-refractivity contribution in [1.82, 2.24) is 25.5 Å². The summed E-state index contributed by atoms with van der Waals surface area (Å²) in [6, 6.07) is 8.70. The molecule has 0 radical (unpaired) electrons. The van der Waals surface area contributed by atoms with Crippen molar-refractivity contribution in [1.29, 1.82) is 0 Å². The molecule has 2 aromatic heterocycles. The standard InChI is InChI=1S/C16H17N5O2/c1-9(7-11-8-10(2)20-21-11)17-16(23)14-18-13-6-4-3-5-12(13)15(22)19-14/h3-6,8-9H,7H2,1-2H3,(H,17,23)(H,20,21)(H,18,19,22). The number of amides is 1. The number of aromatic nitrogens is 4. The van der Waals surface area contributed by atoms with Gasteiger partial charge >= 0.3 is 0 Å². The summed E-state index contributed by atoms with van der Waals surface area (Å²) in [5.74, 6) is -0.397. The molecule has 0 aliphatic heterocycles. The number of nitrogens with zero attached hydrogens (tertiary/aromatic N) is 2. The Balaban J connectivity index is 1.76. The highest BCUT2D eigenvalue weighted by Crippen LogP contribution is 2.06. The Kier molecular flexibility index (Phi) is 3.92. The Morgan fingerprint density at radius 1 is 1.35 bits per heavy atom. The van der Waals surface area contributed by atoms with E-state index >= 15 is 0 Å². The van der Waals surface area contributed by atoms with Crippen molar-refractivity contribution >= 4 is 16.8 Å². The van der Waals surface area contributed by atoms with Gasteiger partial charge in [-0.2, -0.15) is 5.10 Å². The molecule has 1 unspecified atom stereocenters. The molecule has 1 atom stereocenters. The second-order valence-corrected chi connectivity index (χ2v) is 5.55. The van der Waals surface area contributed by atoms with E-state index in [-0.39, 0.29) is 17.4 Å². The summed E-state index contributed by atoms with van der Waals surface area (Å²) in [6.45, 7) is 3.80. The molecule has 0 spiro atoms. The van der Waals surface area contributed by atoms with Crippen LogP contribution in [0.4, 0.5) is 0 Å². The third kappa shape index (κ3) is 3.28. The minimum atomic E-state index is -0.410. The van der Waals surface area contributed by atoms with Gasteiger partial charge in [-0.15, -0.1) is 0 Å². The minimum Gasteiger partial charge on any atom is -0.347 e. The van der Waals surface area contributed by atoms with Gasteiger partial charge in [0.25, 0.3) is 11.5 Å². The molecular weight excluding hydrogens is 294 g/mol. The summed E-state index contributed by atoms with van der Waals surface area (Å²) in [5.41, 5.74) is 2.02. The molecule has 118 valence electrons. The van der Waals surface area contributed by atoms with E-state index in [9.17, 15) is 9.59 Å². The molecule has 0 bridgehead atoms. The summed E-state index contributed by atoms with van der Waals surface area (Å²) in [6.07, 6.45) is 0.591. The van der Waals surface area contributed by atoms with E-state index in [4.69, 9.17) is 0 Å². The first-order valence-corrected chi connectivity index (χ1v) is 7.34. The number of carbonyl (C=O) groups is 1. The zero-order valence-electron chi connectivity index (χ0n) is 12.9. The molecule has 23 heavy (non-hydrogen) atoms. The van der Waals surface area contributed by atoms with Gasteiger partial charge in [0.2, 0.25) is 0 Å². The van der Waals surface area contributed by atoms with Crippen LogP contribution >= 0.6 is 0 Å². The number of fused-ring (bicyclic) bond motifs is 1. The molecule has 1 aromatic carbocycles. The highest BCUT2D eigenvalue weighted by molar-refractivity contribution is 5.92. The van der Waals surface area contributed by atoms with Crippen LogP contribution in [0.5, 0.6) is 0 Å². The van der Waals surface area contributed by atoms with E-state index in [1.807, 2.05) is 19.9 Å². The van der Waals surface area contributed by atoms with Crippen molar-refractivity contribution in [3.63, 3.8) is 0 Å². The Morgan fingerprint density at radius 3 is 2.87 bits per heavy atom. The number of aromatic amines is 2. The molecule has 3 N–H and O–H groups in total. The fourth-order valence-electron chi connectivity index (χ4n) is 2.43. The lowest BCUT2D eigenvalue weighted by atomic mass is 10.2. The van der Waals surface area contributed by atoms with E-state index in [1.54, 1.807) is 24.3 Å². The number of carbonyl (C=O) groups excluding carboxylic acids is 1. The van der Waals surface area contributed by atoms with E-state index in [0.29, 0.717) is 17.3 Å². The van der Waals surface area contributed by atoms with Crippen molar-refractivity contribution in [3.05, 3.63) is 57.9 Å². The SMILES string of the molecule is Cc1cc(CC(C)NC(=O)c2nc3ccccc3c(=O)[nH]2)n[nH]1. The van der Waals surface area contributed by atoms with E-state index < -0.39 is 5.91 Å². The van der Waals surface area contributed by atoms with E-state index in [1.165, 1.54) is 0 Å². The maximum absolute atomic E-state index is 12.3. The zero-order chi connectivity index (χ0) is 16.4. The average molecular weight is 311 g/mol. The van der Waals surface area contributed by atoms with Gasteiger partial charge in [-0.25, -0.2) is 4.98 Å². The van der Waals surface area contributed by atoms with Crippen molar-refractivity contribution in [2.24, 2.45) is 0 Å². The molecule has 0 fully saturated rings. The normalized spacial score (nSPS) is 12.3. The highest BCUT2D eigenvalue weighted by atomic mass is 16.2. The summed E-state index contributed by atoms with van der Waals surface area (Å²) < 4.78 is 0. The summed E-state index contributed by atoms with van der Waals surface area (Å²) in [7, 11) is 0. The first kappa shape index (κ1) is 15.0. The Bertz CT molecular complexity index is 912. The number of aryl methyl sites for hydroxylation is 1. The van der Waals surface area contributed by atoms with Gasteiger partial charge in [0.1, 0.15) is 0 Å². The van der Waals surface area contributed by atoms with Crippen LogP contribution in [0.1, 0.15) is 28.9 Å². The van der Waals surface area contributed by atoms with Crippen LogP contribution < -0.4 is 10.9 Å². The number of hydrogen-bond donors (Lipinski definition) is 3. The van der Waals surface area contributed by atoms with Gasteiger partial charge in [0, 0.05) is 18.2 Å². The molecular formula is C16H17N5O2. The van der Waals surface area contributed by atoms with Crippen LogP contribution in [0.2, 0.25) is 0 Å². The molecule has 0 aliphatic rings. The predicted molar refractivity (Wildman–Crippen MR) is 86.3 cm³/mol. The average Bonchev–Trinajstić information content (AvgIpc) is 2.92. The number of benzene rings is 1. The topological polar surface area (TPSA) is 104 Å². The van der Waals surface area contributed by atoms with Crippen molar-refractivity contribution in [2.45, 2.75) is 26.3 Å². The molecule has 0 saturated heterocycles. The van der Waals surface area contributed by atoms with Crippen LogP contribution in [0.15, 0.2) is 35.1 Å². The third-order valence-electron chi connectivity index (χ3n) is 3.48. The highest BCUT2D eigenvalue weighted by Gasteiger charge is 2.15. The number of hydrogen-bond acceptors (Lipinski definition) is 4. The fourth-order valence-corrected chi connectivity index (χ4v) is 2.43. The molecule has 1 amide bonds. The quantitative estimate of drug-likeness (QED) is 0.676. The lowest BCUT2D eigenvalue weighted by Gasteiger charge is -2.12. The Hall–Kier alpha value is -2.96. The largest absolute Gasteiger partial charge is 0.347 e. The molecule has 0 saturated carbocycles. The van der Waals surface area contributed by atoms with Gasteiger partial charge in [0.05, 0.1) is 16.6 Å². The summed E-state index contributed by atoms with van der Waals surface area (Å²) in [5, 5.41) is 10.3. The van der Waals surface area contributed by atoms with Crippen molar-refractivity contribution in [2.75, 3.05) is 0 Å². The molecule has 0 aliphatic carbocycles. The summed E-state index contributed by atoms with van der Waals surface area (Å²) in [4.78, 5) is 31.0. The zero-order valence-corrected chi connectivity index (χ0v) is 12.9. The molecule has 2 heterocycles. The van der Waals surface area contributed by atoms with Gasteiger partial charge in [-0.3, -0.25) is 14.7 Å². The fraction of sp³-hybridized carbons (Fsp3) is 0.250. The first-order chi connectivity index (χ1) is 11.0. The minimum absolute atomic E-state index is 0.0127. The third-order valence-corrected chi connectivity index (χ3v) is 3.48. The van der Waals surface area contributed by atoms with Crippen LogP contribution in [0, 0.1) is 6.92 Å². The summed E-state index contributed by atoms with van der Waals surface area (Å²) >= 11 is 0. The predicted octanol–water partition coefficient (Wildman–Crippen LogP) is 1.32. The number of nitrogens with one attached hydrogen (secondary N) is 3. The van der Waals surface area contributed by atoms with E-state index in [0.717, 1.165) is 11.4 Å². The van der Waals surface area contributed by atoms with Gasteiger partial charge < -0.3 is 10.3 Å². The number of H-pyrrole nitrogens is 2. The molecule has 3 aromatic rings. The lowest BCUT2D eigenvalue weighted by Crippen LogP contribution is -2.36. The van der Waals surface area contributed by atoms with Crippen molar-refractivity contribution in [3.8, 4) is 0 Å². The van der Waals surface area contributed by atoms with Gasteiger partial charge in [0.15, 0.2) is 5.82 Å². The number of para-hydroxylation sites is 1. The van der Waals surface area contributed by atoms with Crippen molar-refractivity contribution < 1.29 is 4.79 Å². The monoisotopic (exact) mass is 311 g/mol. The Labute approximate surface area is 132 Å². The van der Waals surface area contributed by atoms with E-state index in [2.05, 4.69) is 25.5 Å². The molecule has 7 heteroatoms. The van der Waals surface area contributed by atoms with Crippen LogP contribution in [0.3, 0.4) is 0 Å². The maximum atomic E-state index is 12.3. The lowest BCUT2D eigenvalue weighted by molar-refractivity contribution is 0.0929. The second kappa shape index (κ2) is 6.04. The number of rotatable bonds is 4. The second-order valence-electron chi connectivity index (χ2n) is 5.55. The van der Waals surface area contributed by atoms with Crippen LogP contribution in [-0.4, -0.2) is 32.1 Å².